The van der Waals surface area contributed by atoms with Gasteiger partial charge in [0.2, 0.25) is 0 Å². The number of carbonyl (C=O) groups is 1. The Labute approximate surface area is 129 Å². The van der Waals surface area contributed by atoms with E-state index >= 15 is 0 Å². The summed E-state index contributed by atoms with van der Waals surface area (Å²) in [5.74, 6) is 0.541. The zero-order chi connectivity index (χ0) is 14.9. The molecule has 1 amide bonds. The summed E-state index contributed by atoms with van der Waals surface area (Å²) in [5, 5.41) is 1.24. The summed E-state index contributed by atoms with van der Waals surface area (Å²) >= 11 is 0. The Morgan fingerprint density at radius 1 is 1.05 bits per heavy atom. The normalized spacial score (nSPS) is 18.0. The van der Waals surface area contributed by atoms with Crippen LogP contribution in [0.3, 0.4) is 0 Å². The number of hydrogen-bond donors (Lipinski definition) is 1. The predicted octanol–water partition coefficient (Wildman–Crippen LogP) is 3.80. The lowest BCUT2D eigenvalue weighted by molar-refractivity contribution is 0.0790. The van der Waals surface area contributed by atoms with Crippen LogP contribution >= 0.6 is 0 Å². The van der Waals surface area contributed by atoms with Gasteiger partial charge >= 0.3 is 0 Å². The third-order valence-electron chi connectivity index (χ3n) is 4.49. The number of H-pyrrole nitrogens is 1. The number of nitrogens with one attached hydrogen (secondary N) is 1. The monoisotopic (exact) mass is 290 g/mol. The highest BCUT2D eigenvalue weighted by Crippen LogP contribution is 2.29. The van der Waals surface area contributed by atoms with Crippen molar-refractivity contribution < 1.29 is 4.79 Å². The Balaban J connectivity index is 1.53. The number of para-hydroxylation sites is 1. The number of amides is 1. The maximum Gasteiger partial charge on any atom is 0.253 e. The van der Waals surface area contributed by atoms with Crippen LogP contribution in [0.5, 0.6) is 0 Å². The molecule has 0 radical (unpaired) electrons. The fourth-order valence-corrected chi connectivity index (χ4v) is 3.28. The summed E-state index contributed by atoms with van der Waals surface area (Å²) in [6.45, 7) is 1.62. The van der Waals surface area contributed by atoms with Crippen LogP contribution in [0.25, 0.3) is 10.9 Å². The second-order valence-corrected chi connectivity index (χ2v) is 5.91. The SMILES string of the molecule is O=C(c1ccccc1)N1CCC(c2cc3ccccc3[nH]2)C1. The van der Waals surface area contributed by atoms with E-state index in [0.717, 1.165) is 25.1 Å². The molecule has 1 unspecified atom stereocenters. The van der Waals surface area contributed by atoms with E-state index in [-0.39, 0.29) is 5.91 Å². The first-order valence-electron chi connectivity index (χ1n) is 7.73. The Morgan fingerprint density at radius 3 is 2.64 bits per heavy atom. The van der Waals surface area contributed by atoms with Crippen LogP contribution in [-0.2, 0) is 0 Å². The van der Waals surface area contributed by atoms with Crippen LogP contribution in [0.2, 0.25) is 0 Å². The molecule has 1 saturated heterocycles. The summed E-state index contributed by atoms with van der Waals surface area (Å²) in [4.78, 5) is 18.0. The molecule has 3 heteroatoms. The van der Waals surface area contributed by atoms with Gasteiger partial charge in [0.25, 0.3) is 5.91 Å². The summed E-state index contributed by atoms with van der Waals surface area (Å²) in [6, 6.07) is 20.1. The molecule has 4 rings (SSSR count). The van der Waals surface area contributed by atoms with Crippen molar-refractivity contribution in [1.29, 1.82) is 0 Å². The van der Waals surface area contributed by atoms with Gasteiger partial charge in [-0.15, -0.1) is 0 Å². The van der Waals surface area contributed by atoms with Gasteiger partial charge < -0.3 is 9.88 Å². The largest absolute Gasteiger partial charge is 0.358 e. The number of fused-ring (bicyclic) bond motifs is 1. The highest BCUT2D eigenvalue weighted by Gasteiger charge is 2.28. The number of likely N-dealkylation sites (tertiary alicyclic amines) is 1. The summed E-state index contributed by atoms with van der Waals surface area (Å²) in [7, 11) is 0. The number of carbonyl (C=O) groups excluding carboxylic acids is 1. The predicted molar refractivity (Wildman–Crippen MR) is 88.0 cm³/mol. The van der Waals surface area contributed by atoms with E-state index in [2.05, 4.69) is 29.2 Å². The van der Waals surface area contributed by atoms with Gasteiger partial charge in [0.1, 0.15) is 0 Å². The minimum atomic E-state index is 0.138. The highest BCUT2D eigenvalue weighted by molar-refractivity contribution is 5.94. The second kappa shape index (κ2) is 5.34. The second-order valence-electron chi connectivity index (χ2n) is 5.91. The number of benzene rings is 2. The molecule has 1 aliphatic heterocycles. The van der Waals surface area contributed by atoms with Gasteiger partial charge in [-0.1, -0.05) is 36.4 Å². The van der Waals surface area contributed by atoms with E-state index < -0.39 is 0 Å². The van der Waals surface area contributed by atoms with Gasteiger partial charge in [0, 0.05) is 35.8 Å². The number of nitrogens with zero attached hydrogens (tertiary/aromatic N) is 1. The topological polar surface area (TPSA) is 36.1 Å². The molecular formula is C19H18N2O. The lowest BCUT2D eigenvalue weighted by atomic mass is 10.1. The van der Waals surface area contributed by atoms with Crippen LogP contribution in [0.15, 0.2) is 60.7 Å². The van der Waals surface area contributed by atoms with E-state index in [1.807, 2.05) is 41.3 Å². The zero-order valence-corrected chi connectivity index (χ0v) is 12.3. The molecular weight excluding hydrogens is 272 g/mol. The van der Waals surface area contributed by atoms with Crippen LogP contribution in [0.1, 0.15) is 28.4 Å². The highest BCUT2D eigenvalue weighted by atomic mass is 16.2. The van der Waals surface area contributed by atoms with Gasteiger partial charge in [0.05, 0.1) is 0 Å². The molecule has 1 fully saturated rings. The van der Waals surface area contributed by atoms with Gasteiger partial charge in [-0.3, -0.25) is 4.79 Å². The fraction of sp³-hybridized carbons (Fsp3) is 0.211. The van der Waals surface area contributed by atoms with Gasteiger partial charge in [-0.05, 0) is 36.1 Å². The molecule has 110 valence electrons. The Hall–Kier alpha value is -2.55. The Bertz CT molecular complexity index is 773. The minimum Gasteiger partial charge on any atom is -0.358 e. The van der Waals surface area contributed by atoms with Gasteiger partial charge in [0.15, 0.2) is 0 Å². The average Bonchev–Trinajstić information content (AvgIpc) is 3.21. The molecule has 1 aliphatic rings. The molecule has 22 heavy (non-hydrogen) atoms. The van der Waals surface area contributed by atoms with E-state index in [4.69, 9.17) is 0 Å². The van der Waals surface area contributed by atoms with Crippen molar-refractivity contribution in [3.63, 3.8) is 0 Å². The minimum absolute atomic E-state index is 0.138. The zero-order valence-electron chi connectivity index (χ0n) is 12.3. The Morgan fingerprint density at radius 2 is 1.82 bits per heavy atom. The van der Waals surface area contributed by atoms with Gasteiger partial charge in [-0.2, -0.15) is 0 Å². The third-order valence-corrected chi connectivity index (χ3v) is 4.49. The first-order valence-corrected chi connectivity index (χ1v) is 7.73. The first kappa shape index (κ1) is 13.1. The van der Waals surface area contributed by atoms with Crippen LogP contribution in [-0.4, -0.2) is 28.9 Å². The van der Waals surface area contributed by atoms with E-state index in [1.165, 1.54) is 16.6 Å². The van der Waals surface area contributed by atoms with Crippen LogP contribution in [0.4, 0.5) is 0 Å². The van der Waals surface area contributed by atoms with Crippen molar-refractivity contribution in [2.75, 3.05) is 13.1 Å². The molecule has 0 spiro atoms. The standard InChI is InChI=1S/C19H18N2O/c22-19(14-6-2-1-3-7-14)21-11-10-16(13-21)18-12-15-8-4-5-9-17(15)20-18/h1-9,12,16,20H,10-11,13H2. The Kier molecular flexibility index (Phi) is 3.19. The quantitative estimate of drug-likeness (QED) is 0.765. The molecule has 1 aromatic heterocycles. The molecule has 2 heterocycles. The van der Waals surface area contributed by atoms with E-state index in [1.54, 1.807) is 0 Å². The van der Waals surface area contributed by atoms with Gasteiger partial charge in [-0.25, -0.2) is 0 Å². The van der Waals surface area contributed by atoms with Crippen molar-refractivity contribution in [3.8, 4) is 0 Å². The lowest BCUT2D eigenvalue weighted by Crippen LogP contribution is -2.28. The van der Waals surface area contributed by atoms with E-state index in [0.29, 0.717) is 5.92 Å². The number of rotatable bonds is 2. The van der Waals surface area contributed by atoms with Crippen LogP contribution < -0.4 is 0 Å². The number of hydrogen-bond acceptors (Lipinski definition) is 1. The van der Waals surface area contributed by atoms with Crippen molar-refractivity contribution in [2.45, 2.75) is 12.3 Å². The number of aromatic amines is 1. The molecule has 0 aliphatic carbocycles. The van der Waals surface area contributed by atoms with Crippen LogP contribution in [0, 0.1) is 0 Å². The maximum atomic E-state index is 12.5. The molecule has 1 atom stereocenters. The van der Waals surface area contributed by atoms with Crippen molar-refractivity contribution >= 4 is 16.8 Å². The van der Waals surface area contributed by atoms with Crippen molar-refractivity contribution in [3.05, 3.63) is 71.9 Å². The fourth-order valence-electron chi connectivity index (χ4n) is 3.28. The summed E-state index contributed by atoms with van der Waals surface area (Å²) < 4.78 is 0. The smallest absolute Gasteiger partial charge is 0.253 e. The third kappa shape index (κ3) is 2.29. The lowest BCUT2D eigenvalue weighted by Gasteiger charge is -2.16. The molecule has 0 saturated carbocycles. The maximum absolute atomic E-state index is 12.5. The number of aromatic nitrogens is 1. The summed E-state index contributed by atoms with van der Waals surface area (Å²) in [5.41, 5.74) is 3.19. The molecule has 3 nitrogen and oxygen atoms in total. The molecule has 0 bridgehead atoms. The average molecular weight is 290 g/mol. The molecule has 1 N–H and O–H groups in total. The molecule has 2 aromatic carbocycles. The van der Waals surface area contributed by atoms with Crippen molar-refractivity contribution in [2.24, 2.45) is 0 Å². The van der Waals surface area contributed by atoms with E-state index in [9.17, 15) is 4.79 Å². The first-order chi connectivity index (χ1) is 10.8. The summed E-state index contributed by atoms with van der Waals surface area (Å²) in [6.07, 6.45) is 1.02. The molecule has 3 aromatic rings. The van der Waals surface area contributed by atoms with Crippen molar-refractivity contribution in [1.82, 2.24) is 9.88 Å².